The number of thioether (sulfide) groups is 1. The maximum Gasteiger partial charge on any atom is 0.325 e. The molecule has 0 bridgehead atoms. The number of carbonyl (C=O) groups excluding carboxylic acids is 2. The highest BCUT2D eigenvalue weighted by Crippen LogP contribution is 2.18. The van der Waals surface area contributed by atoms with Crippen molar-refractivity contribution >= 4 is 29.4 Å². The Labute approximate surface area is 139 Å². The van der Waals surface area contributed by atoms with E-state index in [1.54, 1.807) is 31.4 Å². The molecule has 0 aliphatic rings. The number of imide groups is 1. The Morgan fingerprint density at radius 3 is 2.30 bits per heavy atom. The van der Waals surface area contributed by atoms with E-state index in [4.69, 9.17) is 4.74 Å². The van der Waals surface area contributed by atoms with Gasteiger partial charge in [0.2, 0.25) is 5.91 Å². The molecule has 0 heterocycles. The van der Waals surface area contributed by atoms with Crippen LogP contribution in [0.1, 0.15) is 5.56 Å². The van der Waals surface area contributed by atoms with Crippen LogP contribution in [-0.4, -0.2) is 24.8 Å². The first-order chi connectivity index (χ1) is 11.1. The van der Waals surface area contributed by atoms with E-state index in [1.807, 2.05) is 31.2 Å². The van der Waals surface area contributed by atoms with Crippen LogP contribution in [0.2, 0.25) is 0 Å². The lowest BCUT2D eigenvalue weighted by atomic mass is 10.2. The van der Waals surface area contributed by atoms with Crippen LogP contribution in [0.25, 0.3) is 0 Å². The maximum atomic E-state index is 11.8. The summed E-state index contributed by atoms with van der Waals surface area (Å²) < 4.78 is 5.03. The summed E-state index contributed by atoms with van der Waals surface area (Å²) in [5.41, 5.74) is 1.75. The minimum absolute atomic E-state index is 0.180. The molecule has 0 aromatic heterocycles. The van der Waals surface area contributed by atoms with Crippen molar-refractivity contribution in [1.82, 2.24) is 5.32 Å². The Morgan fingerprint density at radius 2 is 1.70 bits per heavy atom. The molecule has 2 N–H and O–H groups in total. The average Bonchev–Trinajstić information content (AvgIpc) is 2.55. The summed E-state index contributed by atoms with van der Waals surface area (Å²) in [6, 6.07) is 14.2. The number of urea groups is 1. The van der Waals surface area contributed by atoms with Crippen molar-refractivity contribution in [2.45, 2.75) is 11.8 Å². The Morgan fingerprint density at radius 1 is 1.04 bits per heavy atom. The molecule has 2 aromatic rings. The smallest absolute Gasteiger partial charge is 0.325 e. The van der Waals surface area contributed by atoms with E-state index < -0.39 is 6.03 Å². The number of ether oxygens (including phenoxy) is 1. The summed E-state index contributed by atoms with van der Waals surface area (Å²) >= 11 is 1.38. The third kappa shape index (κ3) is 5.67. The normalized spacial score (nSPS) is 10.0. The first kappa shape index (κ1) is 16.9. The largest absolute Gasteiger partial charge is 0.497 e. The third-order valence-corrected chi connectivity index (χ3v) is 4.00. The molecule has 0 atom stereocenters. The van der Waals surface area contributed by atoms with Crippen molar-refractivity contribution in [3.05, 3.63) is 54.1 Å². The predicted octanol–water partition coefficient (Wildman–Crippen LogP) is 3.44. The van der Waals surface area contributed by atoms with Crippen LogP contribution in [0.4, 0.5) is 10.5 Å². The summed E-state index contributed by atoms with van der Waals surface area (Å²) in [7, 11) is 1.57. The SMILES string of the molecule is COc1ccc(NC(=O)NC(=O)CSc2ccc(C)cc2)cc1. The first-order valence-electron chi connectivity index (χ1n) is 7.01. The highest BCUT2D eigenvalue weighted by molar-refractivity contribution is 8.00. The molecule has 0 unspecified atom stereocenters. The Bertz CT molecular complexity index is 669. The summed E-state index contributed by atoms with van der Waals surface area (Å²) in [5.74, 6) is 0.530. The van der Waals surface area contributed by atoms with Crippen molar-refractivity contribution in [2.24, 2.45) is 0 Å². The number of benzene rings is 2. The second-order valence-electron chi connectivity index (χ2n) is 4.83. The van der Waals surface area contributed by atoms with Gasteiger partial charge in [-0.1, -0.05) is 17.7 Å². The zero-order chi connectivity index (χ0) is 16.7. The number of anilines is 1. The van der Waals surface area contributed by atoms with Gasteiger partial charge < -0.3 is 10.1 Å². The lowest BCUT2D eigenvalue weighted by Crippen LogP contribution is -2.35. The molecule has 23 heavy (non-hydrogen) atoms. The van der Waals surface area contributed by atoms with Gasteiger partial charge in [-0.25, -0.2) is 4.79 Å². The molecule has 2 rings (SSSR count). The summed E-state index contributed by atoms with van der Waals surface area (Å²) in [4.78, 5) is 24.5. The van der Waals surface area contributed by atoms with Crippen LogP contribution in [0, 0.1) is 6.92 Å². The Balaban J connectivity index is 1.77. The Kier molecular flexibility index (Phi) is 6.05. The molecule has 2 aromatic carbocycles. The number of hydrogen-bond donors (Lipinski definition) is 2. The van der Waals surface area contributed by atoms with E-state index in [1.165, 1.54) is 11.8 Å². The van der Waals surface area contributed by atoms with Crippen LogP contribution < -0.4 is 15.4 Å². The lowest BCUT2D eigenvalue weighted by molar-refractivity contribution is -0.117. The van der Waals surface area contributed by atoms with Crippen molar-refractivity contribution in [3.63, 3.8) is 0 Å². The fraction of sp³-hybridized carbons (Fsp3) is 0.176. The van der Waals surface area contributed by atoms with Crippen LogP contribution in [0.15, 0.2) is 53.4 Å². The van der Waals surface area contributed by atoms with Gasteiger partial charge in [-0.05, 0) is 43.3 Å². The van der Waals surface area contributed by atoms with Crippen LogP contribution in [0.5, 0.6) is 5.75 Å². The van der Waals surface area contributed by atoms with Crippen LogP contribution in [-0.2, 0) is 4.79 Å². The average molecular weight is 330 g/mol. The van der Waals surface area contributed by atoms with Crippen LogP contribution in [0.3, 0.4) is 0 Å². The van der Waals surface area contributed by atoms with Gasteiger partial charge in [0.1, 0.15) is 5.75 Å². The van der Waals surface area contributed by atoms with Crippen molar-refractivity contribution < 1.29 is 14.3 Å². The van der Waals surface area contributed by atoms with E-state index in [9.17, 15) is 9.59 Å². The number of carbonyl (C=O) groups is 2. The first-order valence-corrected chi connectivity index (χ1v) is 8.00. The monoisotopic (exact) mass is 330 g/mol. The molecule has 0 aliphatic heterocycles. The number of amides is 3. The number of methoxy groups -OCH3 is 1. The van der Waals surface area contributed by atoms with Crippen molar-refractivity contribution in [3.8, 4) is 5.75 Å². The molecule has 5 nitrogen and oxygen atoms in total. The van der Waals surface area contributed by atoms with Crippen molar-refractivity contribution in [2.75, 3.05) is 18.2 Å². The molecule has 0 aliphatic carbocycles. The predicted molar refractivity (Wildman–Crippen MR) is 92.1 cm³/mol. The van der Waals surface area contributed by atoms with E-state index in [0.717, 1.165) is 10.5 Å². The third-order valence-electron chi connectivity index (χ3n) is 2.99. The Hall–Kier alpha value is -2.47. The van der Waals surface area contributed by atoms with E-state index in [2.05, 4.69) is 10.6 Å². The molecular formula is C17H18N2O3S. The molecule has 120 valence electrons. The summed E-state index contributed by atoms with van der Waals surface area (Å²) in [6.45, 7) is 2.00. The van der Waals surface area contributed by atoms with Gasteiger partial charge in [-0.2, -0.15) is 0 Å². The molecule has 0 spiro atoms. The zero-order valence-corrected chi connectivity index (χ0v) is 13.8. The van der Waals surface area contributed by atoms with Gasteiger partial charge >= 0.3 is 6.03 Å². The minimum Gasteiger partial charge on any atom is -0.497 e. The quantitative estimate of drug-likeness (QED) is 0.824. The fourth-order valence-corrected chi connectivity index (χ4v) is 2.48. The summed E-state index contributed by atoms with van der Waals surface area (Å²) in [5, 5.41) is 4.89. The second-order valence-corrected chi connectivity index (χ2v) is 5.88. The molecule has 0 saturated carbocycles. The number of nitrogens with one attached hydrogen (secondary N) is 2. The molecular weight excluding hydrogens is 312 g/mol. The topological polar surface area (TPSA) is 67.4 Å². The maximum absolute atomic E-state index is 11.8. The van der Waals surface area contributed by atoms with Crippen molar-refractivity contribution in [1.29, 1.82) is 0 Å². The fourth-order valence-electron chi connectivity index (χ4n) is 1.78. The lowest BCUT2D eigenvalue weighted by Gasteiger charge is -2.07. The van der Waals surface area contributed by atoms with Crippen LogP contribution >= 0.6 is 11.8 Å². The highest BCUT2D eigenvalue weighted by Gasteiger charge is 2.08. The molecule has 0 saturated heterocycles. The molecule has 6 heteroatoms. The summed E-state index contributed by atoms with van der Waals surface area (Å²) in [6.07, 6.45) is 0. The number of hydrogen-bond acceptors (Lipinski definition) is 4. The zero-order valence-electron chi connectivity index (χ0n) is 13.0. The van der Waals surface area contributed by atoms with Gasteiger partial charge in [0.05, 0.1) is 12.9 Å². The second kappa shape index (κ2) is 8.24. The molecule has 3 amide bonds. The minimum atomic E-state index is -0.551. The number of rotatable bonds is 5. The van der Waals surface area contributed by atoms with Gasteiger partial charge in [-0.3, -0.25) is 10.1 Å². The standard InChI is InChI=1S/C17H18N2O3S/c1-12-3-9-15(10-4-12)23-11-16(20)19-17(21)18-13-5-7-14(22-2)8-6-13/h3-10H,11H2,1-2H3,(H2,18,19,20,21). The number of aryl methyl sites for hydroxylation is 1. The van der Waals surface area contributed by atoms with Gasteiger partial charge in [-0.15, -0.1) is 11.8 Å². The van der Waals surface area contributed by atoms with Gasteiger partial charge in [0.25, 0.3) is 0 Å². The van der Waals surface area contributed by atoms with E-state index in [-0.39, 0.29) is 11.7 Å². The van der Waals surface area contributed by atoms with E-state index >= 15 is 0 Å². The van der Waals surface area contributed by atoms with E-state index in [0.29, 0.717) is 11.4 Å². The molecule has 0 radical (unpaired) electrons. The van der Waals surface area contributed by atoms with Gasteiger partial charge in [0.15, 0.2) is 0 Å². The highest BCUT2D eigenvalue weighted by atomic mass is 32.2. The van der Waals surface area contributed by atoms with Gasteiger partial charge in [0, 0.05) is 10.6 Å². The molecule has 0 fully saturated rings.